The number of aromatic nitrogens is 2. The van der Waals surface area contributed by atoms with E-state index in [2.05, 4.69) is 30.9 Å². The molecule has 0 aliphatic heterocycles. The van der Waals surface area contributed by atoms with Crippen molar-refractivity contribution in [1.29, 1.82) is 0 Å². The van der Waals surface area contributed by atoms with Crippen LogP contribution in [0.5, 0.6) is 11.5 Å². The molecule has 1 heterocycles. The van der Waals surface area contributed by atoms with E-state index in [-0.39, 0.29) is 68.0 Å². The maximum Gasteiger partial charge on any atom is 0.280 e. The molecular weight excluding hydrogens is 856 g/mol. The highest BCUT2D eigenvalue weighted by molar-refractivity contribution is 6.31. The number of nitrogens with zero attached hydrogens (tertiary/aromatic N) is 3. The van der Waals surface area contributed by atoms with E-state index < -0.39 is 29.9 Å². The molecule has 22 heteroatoms. The number of aliphatic hydroxyl groups is 2. The molecule has 64 heavy (non-hydrogen) atoms. The number of nitrogens with one attached hydrogen (secondary N) is 3. The molecule has 0 aliphatic rings. The van der Waals surface area contributed by atoms with Gasteiger partial charge in [0.15, 0.2) is 40.7 Å². The van der Waals surface area contributed by atoms with Gasteiger partial charge in [-0.25, -0.2) is 9.97 Å². The van der Waals surface area contributed by atoms with Gasteiger partial charge in [0.25, 0.3) is 17.7 Å². The van der Waals surface area contributed by atoms with E-state index in [1.165, 1.54) is 5.56 Å². The van der Waals surface area contributed by atoms with Gasteiger partial charge in [-0.2, -0.15) is 0 Å². The fourth-order valence-corrected chi connectivity index (χ4v) is 5.64. The van der Waals surface area contributed by atoms with E-state index in [0.717, 1.165) is 49.8 Å². The average Bonchev–Trinajstić information content (AvgIpc) is 3.28. The van der Waals surface area contributed by atoms with Crippen LogP contribution in [0.2, 0.25) is 5.15 Å². The number of unbranched alkanes of at least 4 members (excludes halogenated alkanes) is 2. The first-order valence-corrected chi connectivity index (χ1v) is 21.4. The van der Waals surface area contributed by atoms with Crippen LogP contribution < -0.4 is 48.4 Å². The molecule has 0 spiro atoms. The van der Waals surface area contributed by atoms with Crippen molar-refractivity contribution in [3.63, 3.8) is 0 Å². The Kier molecular flexibility index (Phi) is 26.0. The van der Waals surface area contributed by atoms with Gasteiger partial charge in [-0.1, -0.05) is 35.9 Å². The Morgan fingerprint density at radius 3 is 1.58 bits per heavy atom. The van der Waals surface area contributed by atoms with Crippen molar-refractivity contribution in [2.24, 2.45) is 16.5 Å². The van der Waals surface area contributed by atoms with Crippen LogP contribution in [0.1, 0.15) is 47.3 Å². The van der Waals surface area contributed by atoms with Crippen LogP contribution in [0.15, 0.2) is 53.5 Å². The molecule has 3 rings (SSSR count). The zero-order valence-electron chi connectivity index (χ0n) is 36.0. The Balaban J connectivity index is 1.10. The van der Waals surface area contributed by atoms with Gasteiger partial charge in [-0.3, -0.25) is 24.7 Å². The lowest BCUT2D eigenvalue weighted by Gasteiger charge is -2.17. The molecule has 2 aromatic carbocycles. The van der Waals surface area contributed by atoms with E-state index in [0.29, 0.717) is 58.5 Å². The van der Waals surface area contributed by atoms with Gasteiger partial charge < -0.3 is 72.2 Å². The van der Waals surface area contributed by atoms with Crippen molar-refractivity contribution in [3.05, 3.63) is 70.5 Å². The summed E-state index contributed by atoms with van der Waals surface area (Å²) in [7, 11) is 0. The summed E-state index contributed by atoms with van der Waals surface area (Å²) < 4.78 is 33.2. The minimum absolute atomic E-state index is 0.0473. The van der Waals surface area contributed by atoms with Gasteiger partial charge in [0, 0.05) is 19.6 Å². The predicted molar refractivity (Wildman–Crippen MR) is 240 cm³/mol. The zero-order valence-corrected chi connectivity index (χ0v) is 36.8. The molecule has 21 nitrogen and oxygen atoms in total. The molecule has 3 aromatic rings. The summed E-state index contributed by atoms with van der Waals surface area (Å²) in [6.45, 7) is 4.06. The van der Waals surface area contributed by atoms with E-state index in [1.807, 2.05) is 48.5 Å². The topological polar surface area (TPSA) is 325 Å². The van der Waals surface area contributed by atoms with Gasteiger partial charge >= 0.3 is 0 Å². The maximum absolute atomic E-state index is 12.3. The van der Waals surface area contributed by atoms with Crippen molar-refractivity contribution < 1.29 is 53.0 Å². The third kappa shape index (κ3) is 21.8. The highest BCUT2D eigenvalue weighted by atomic mass is 35.5. The van der Waals surface area contributed by atoms with Crippen molar-refractivity contribution >= 4 is 46.9 Å². The summed E-state index contributed by atoms with van der Waals surface area (Å²) in [5, 5.41) is 27.3. The highest BCUT2D eigenvalue weighted by Crippen LogP contribution is 2.18. The Hall–Kier alpha value is -5.39. The van der Waals surface area contributed by atoms with Gasteiger partial charge in [-0.05, 0) is 80.5 Å². The summed E-state index contributed by atoms with van der Waals surface area (Å²) in [6.07, 6.45) is 1.53. The Morgan fingerprint density at radius 2 is 1.09 bits per heavy atom. The molecule has 3 amide bonds. The Bertz CT molecular complexity index is 1850. The molecule has 0 aliphatic carbocycles. The number of aliphatic imine (C=N–C) groups is 1. The number of aryl methyl sites for hydroxylation is 2. The number of halogens is 1. The van der Waals surface area contributed by atoms with Crippen LogP contribution in [-0.4, -0.2) is 148 Å². The smallest absolute Gasteiger partial charge is 0.280 e. The van der Waals surface area contributed by atoms with Crippen LogP contribution >= 0.6 is 11.6 Å². The highest BCUT2D eigenvalue weighted by Gasteiger charge is 2.29. The molecule has 0 saturated carbocycles. The zero-order chi connectivity index (χ0) is 46.4. The van der Waals surface area contributed by atoms with Crippen LogP contribution in [0, 0.1) is 0 Å². The normalized spacial score (nSPS) is 12.3. The molecule has 0 saturated heterocycles. The van der Waals surface area contributed by atoms with Crippen molar-refractivity contribution in [2.75, 3.05) is 104 Å². The van der Waals surface area contributed by atoms with Gasteiger partial charge in [0.1, 0.15) is 24.7 Å². The average molecular weight is 919 g/mol. The molecule has 0 fully saturated rings. The number of ether oxygens (including phenoxy) is 6. The molecule has 13 N–H and O–H groups in total. The fourth-order valence-electron chi connectivity index (χ4n) is 5.51. The number of nitrogens with two attached hydrogens (primary N) is 4. The molecule has 354 valence electrons. The number of aliphatic hydroxyl groups excluding tert-OH is 2. The molecule has 2 atom stereocenters. The lowest BCUT2D eigenvalue weighted by Crippen LogP contribution is -2.50. The van der Waals surface area contributed by atoms with E-state index in [1.54, 1.807) is 0 Å². The lowest BCUT2D eigenvalue weighted by molar-refractivity contribution is -0.146. The van der Waals surface area contributed by atoms with Crippen molar-refractivity contribution in [2.45, 2.75) is 50.7 Å². The first-order valence-electron chi connectivity index (χ1n) is 21.0. The second-order valence-corrected chi connectivity index (χ2v) is 14.3. The van der Waals surface area contributed by atoms with E-state index in [9.17, 15) is 24.6 Å². The monoisotopic (exact) mass is 918 g/mol. The third-order valence-corrected chi connectivity index (χ3v) is 9.23. The number of guanidine groups is 1. The third-order valence-electron chi connectivity index (χ3n) is 8.95. The summed E-state index contributed by atoms with van der Waals surface area (Å²) >= 11 is 5.81. The van der Waals surface area contributed by atoms with E-state index in [4.69, 9.17) is 63.0 Å². The summed E-state index contributed by atoms with van der Waals surface area (Å²) in [5.74, 6) is -1.40. The summed E-state index contributed by atoms with van der Waals surface area (Å²) in [6, 6.07) is 15.7. The number of anilines is 2. The largest absolute Gasteiger partial charge is 0.491 e. The van der Waals surface area contributed by atoms with Crippen LogP contribution in [0.3, 0.4) is 0 Å². The SMILES string of the molecule is NCCCCc1ccc(OCCOCCOCCNC(=O)C(O)C(O)C(=O)NCCOCCOCCOc2ccc(CCCCN=C(N)NC(=O)c3nc(Cl)c(N)nc3N)cc2)cc1. The van der Waals surface area contributed by atoms with Crippen molar-refractivity contribution in [1.82, 2.24) is 25.9 Å². The number of amides is 3. The van der Waals surface area contributed by atoms with Gasteiger partial charge in [0.2, 0.25) is 0 Å². The minimum atomic E-state index is -1.96. The first-order chi connectivity index (χ1) is 31.0. The number of carbonyl (C=O) groups excluding carboxylic acids is 3. The first kappa shape index (κ1) is 53.0. The number of hydrogen-bond acceptors (Lipinski definition) is 17. The second kappa shape index (κ2) is 31.5. The number of hydrogen-bond donors (Lipinski definition) is 9. The fraction of sp³-hybridized carbons (Fsp3) is 0.524. The lowest BCUT2D eigenvalue weighted by atomic mass is 10.1. The van der Waals surface area contributed by atoms with Gasteiger partial charge in [0.05, 0.1) is 52.9 Å². The minimum Gasteiger partial charge on any atom is -0.491 e. The molecule has 0 bridgehead atoms. The van der Waals surface area contributed by atoms with Crippen LogP contribution in [0.25, 0.3) is 0 Å². The van der Waals surface area contributed by atoms with E-state index >= 15 is 0 Å². The number of nitrogen functional groups attached to an aromatic ring is 2. The predicted octanol–water partition coefficient (Wildman–Crippen LogP) is 0.122. The summed E-state index contributed by atoms with van der Waals surface area (Å²) in [4.78, 5) is 48.4. The number of carbonyl (C=O) groups is 3. The van der Waals surface area contributed by atoms with Crippen LogP contribution in [0.4, 0.5) is 11.6 Å². The molecule has 2 unspecified atom stereocenters. The Morgan fingerprint density at radius 1 is 0.641 bits per heavy atom. The standard InChI is InChI=1S/C42H63ClN10O11/c43-36-38(46)52-37(45)33(51-36)39(56)53-42(47)50-16-4-2-6-30-9-13-32(14-10-30)64-28-26-62-24-22-60-20-18-49-41(58)35(55)34(54)40(57)48-17-19-59-21-23-61-25-27-63-31-11-7-29(8-12-31)5-1-3-15-44/h7-14,34-35,54-55H,1-6,15-28,44H2,(H,48,57)(H,49,58)(H4,45,46,52)(H3,47,50,53,56). The second-order valence-electron chi connectivity index (χ2n) is 14.0. The molecule has 0 radical (unpaired) electrons. The maximum atomic E-state index is 12.3. The number of rotatable bonds is 33. The molecular formula is C42H63ClN10O11. The summed E-state index contributed by atoms with van der Waals surface area (Å²) in [5.41, 5.74) is 24.7. The van der Waals surface area contributed by atoms with Gasteiger partial charge in [-0.15, -0.1) is 0 Å². The molecule has 1 aromatic heterocycles. The Labute approximate surface area is 377 Å². The van der Waals surface area contributed by atoms with Crippen LogP contribution in [-0.2, 0) is 41.4 Å². The van der Waals surface area contributed by atoms with Crippen molar-refractivity contribution in [3.8, 4) is 11.5 Å². The quantitative estimate of drug-likeness (QED) is 0.0223. The number of benzene rings is 2.